The number of ether oxygens (including phenoxy) is 2. The second kappa shape index (κ2) is 10.3. The average molecular weight is 454 g/mol. The molecule has 2 atom stereocenters. The summed E-state index contributed by atoms with van der Waals surface area (Å²) in [5, 5.41) is 11.7. The van der Waals surface area contributed by atoms with Crippen molar-refractivity contribution >= 4 is 26.3 Å². The van der Waals surface area contributed by atoms with Gasteiger partial charge in [0, 0.05) is 0 Å². The smallest absolute Gasteiger partial charge is 0.408 e. The van der Waals surface area contributed by atoms with Crippen molar-refractivity contribution in [2.24, 2.45) is 0 Å². The lowest BCUT2D eigenvalue weighted by Gasteiger charge is -2.39. The Labute approximate surface area is 185 Å². The van der Waals surface area contributed by atoms with Crippen LogP contribution in [-0.2, 0) is 30.1 Å². The van der Waals surface area contributed by atoms with Crippen LogP contribution in [0.25, 0.3) is 0 Å². The highest BCUT2D eigenvalue weighted by Gasteiger charge is 2.46. The number of carbonyl (C=O) groups excluding carboxylic acids is 2. The van der Waals surface area contributed by atoms with Crippen molar-refractivity contribution in [1.82, 2.24) is 5.32 Å². The van der Waals surface area contributed by atoms with Crippen molar-refractivity contribution in [3.05, 3.63) is 35.9 Å². The number of benzene rings is 1. The van der Waals surface area contributed by atoms with E-state index in [1.54, 1.807) is 45.0 Å². The second-order valence-corrected chi connectivity index (χ2v) is 14.6. The van der Waals surface area contributed by atoms with Crippen LogP contribution in [0.5, 0.6) is 0 Å². The van der Waals surface area contributed by atoms with E-state index in [1.165, 1.54) is 0 Å². The Kier molecular flexibility index (Phi) is 8.83. The molecular weight excluding hydrogens is 418 g/mol. The molecule has 0 aliphatic carbocycles. The van der Waals surface area contributed by atoms with Crippen LogP contribution in [0.15, 0.2) is 30.3 Å². The summed E-state index contributed by atoms with van der Waals surface area (Å²) in [6.07, 6.45) is -2.49. The monoisotopic (exact) mass is 453 g/mol. The molecule has 2 N–H and O–H groups in total. The van der Waals surface area contributed by atoms with Gasteiger partial charge in [-0.15, -0.1) is 0 Å². The highest BCUT2D eigenvalue weighted by atomic mass is 28.4. The maximum atomic E-state index is 13.0. The van der Waals surface area contributed by atoms with Crippen LogP contribution in [0.2, 0.25) is 18.1 Å². The minimum atomic E-state index is -2.60. The van der Waals surface area contributed by atoms with Crippen LogP contribution in [-0.4, -0.2) is 49.2 Å². The number of hydrogen-bond donors (Lipinski definition) is 2. The summed E-state index contributed by atoms with van der Waals surface area (Å²) >= 11 is 0. The molecule has 0 spiro atoms. The standard InChI is InChI=1S/C22H35NO7Si/c1-21(2,3)29-20(27)23-16(18(24)25)17(30-31(7,8)22(4,5)6)19(26)28-14-15-12-10-9-11-13-15/h9-13,16-17H,14H2,1-8H3,(H,23,27)(H,24,25)/t16-,17-/m0/s1. The first-order valence-corrected chi connectivity index (χ1v) is 13.0. The maximum Gasteiger partial charge on any atom is 0.408 e. The summed E-state index contributed by atoms with van der Waals surface area (Å²) in [5.41, 5.74) is -0.0922. The average Bonchev–Trinajstić information content (AvgIpc) is 2.60. The van der Waals surface area contributed by atoms with Crippen molar-refractivity contribution in [3.63, 3.8) is 0 Å². The summed E-state index contributed by atoms with van der Waals surface area (Å²) in [5.74, 6) is -2.29. The van der Waals surface area contributed by atoms with Crippen LogP contribution in [0.3, 0.4) is 0 Å². The number of carboxylic acids is 1. The molecule has 1 amide bonds. The Balaban J connectivity index is 3.16. The Hall–Kier alpha value is -2.39. The first-order chi connectivity index (χ1) is 14.0. The third-order valence-corrected chi connectivity index (χ3v) is 9.38. The Morgan fingerprint density at radius 3 is 2.03 bits per heavy atom. The number of amides is 1. The van der Waals surface area contributed by atoms with Gasteiger partial charge in [-0.2, -0.15) is 0 Å². The molecular formula is C22H35NO7Si. The summed E-state index contributed by atoms with van der Waals surface area (Å²) in [6.45, 7) is 14.6. The third kappa shape index (κ3) is 8.70. The van der Waals surface area contributed by atoms with Gasteiger partial charge in [-0.25, -0.2) is 14.4 Å². The van der Waals surface area contributed by atoms with Gasteiger partial charge in [-0.05, 0) is 44.5 Å². The quantitative estimate of drug-likeness (QED) is 0.450. The Morgan fingerprint density at radius 2 is 1.58 bits per heavy atom. The van der Waals surface area contributed by atoms with E-state index in [2.05, 4.69) is 5.32 Å². The first kappa shape index (κ1) is 26.6. The summed E-state index contributed by atoms with van der Waals surface area (Å²) in [4.78, 5) is 37.2. The predicted molar refractivity (Wildman–Crippen MR) is 119 cm³/mol. The van der Waals surface area contributed by atoms with E-state index in [1.807, 2.05) is 39.9 Å². The summed E-state index contributed by atoms with van der Waals surface area (Å²) in [7, 11) is -2.60. The van der Waals surface area contributed by atoms with Crippen LogP contribution < -0.4 is 5.32 Å². The third-order valence-electron chi connectivity index (χ3n) is 4.93. The van der Waals surface area contributed by atoms with Crippen LogP contribution in [0.4, 0.5) is 4.79 Å². The van der Waals surface area contributed by atoms with E-state index < -0.39 is 44.1 Å². The van der Waals surface area contributed by atoms with Gasteiger partial charge in [0.25, 0.3) is 0 Å². The van der Waals surface area contributed by atoms with Crippen molar-refractivity contribution in [2.75, 3.05) is 0 Å². The molecule has 0 bridgehead atoms. The zero-order valence-corrected chi connectivity index (χ0v) is 20.6. The van der Waals surface area contributed by atoms with Crippen LogP contribution >= 0.6 is 0 Å². The molecule has 0 saturated carbocycles. The number of hydrogen-bond acceptors (Lipinski definition) is 6. The van der Waals surface area contributed by atoms with E-state index in [0.717, 1.165) is 5.56 Å². The minimum absolute atomic E-state index is 0.0458. The van der Waals surface area contributed by atoms with Gasteiger partial charge < -0.3 is 24.3 Å². The maximum absolute atomic E-state index is 13.0. The predicted octanol–water partition coefficient (Wildman–Crippen LogP) is 4.10. The molecule has 0 aliphatic heterocycles. The van der Waals surface area contributed by atoms with E-state index in [4.69, 9.17) is 13.9 Å². The highest BCUT2D eigenvalue weighted by molar-refractivity contribution is 6.74. The number of alkyl carbamates (subject to hydrolysis) is 1. The van der Waals surface area contributed by atoms with Gasteiger partial charge in [0.2, 0.25) is 0 Å². The number of nitrogens with one attached hydrogen (secondary N) is 1. The fourth-order valence-corrected chi connectivity index (χ4v) is 3.48. The van der Waals surface area contributed by atoms with Gasteiger partial charge in [0.05, 0.1) is 0 Å². The lowest BCUT2D eigenvalue weighted by Crippen LogP contribution is -2.58. The molecule has 9 heteroatoms. The molecule has 0 saturated heterocycles. The molecule has 31 heavy (non-hydrogen) atoms. The van der Waals surface area contributed by atoms with E-state index in [9.17, 15) is 19.5 Å². The normalized spacial score (nSPS) is 14.3. The van der Waals surface area contributed by atoms with Gasteiger partial charge in [-0.1, -0.05) is 51.1 Å². The Bertz CT molecular complexity index is 766. The SMILES string of the molecule is CC(C)(C)OC(=O)N[C@H](C(=O)O)[C@H](O[Si](C)(C)C(C)(C)C)C(=O)OCc1ccccc1. The molecule has 0 aliphatic rings. The zero-order chi connectivity index (χ0) is 24.0. The van der Waals surface area contributed by atoms with Crippen molar-refractivity contribution in [3.8, 4) is 0 Å². The Morgan fingerprint density at radius 1 is 1.03 bits per heavy atom. The van der Waals surface area contributed by atoms with Crippen molar-refractivity contribution in [2.45, 2.75) is 84.0 Å². The number of carboxylic acid groups (broad SMARTS) is 1. The molecule has 0 radical (unpaired) electrons. The first-order valence-electron chi connectivity index (χ1n) is 10.1. The number of esters is 1. The van der Waals surface area contributed by atoms with Crippen molar-refractivity contribution < 1.29 is 33.4 Å². The summed E-state index contributed by atoms with van der Waals surface area (Å²) < 4.78 is 16.7. The van der Waals surface area contributed by atoms with Crippen LogP contribution in [0, 0.1) is 0 Å². The number of carbonyl (C=O) groups is 3. The molecule has 174 valence electrons. The lowest BCUT2D eigenvalue weighted by atomic mass is 10.1. The van der Waals surface area contributed by atoms with E-state index in [0.29, 0.717) is 0 Å². The molecule has 0 fully saturated rings. The molecule has 0 unspecified atom stereocenters. The molecule has 1 rings (SSSR count). The fraction of sp³-hybridized carbons (Fsp3) is 0.591. The second-order valence-electron chi connectivity index (χ2n) is 9.85. The topological polar surface area (TPSA) is 111 Å². The zero-order valence-electron chi connectivity index (χ0n) is 19.6. The van der Waals surface area contributed by atoms with Gasteiger partial charge >= 0.3 is 18.0 Å². The number of rotatable bonds is 8. The molecule has 0 heterocycles. The fourth-order valence-electron chi connectivity index (χ4n) is 2.26. The summed E-state index contributed by atoms with van der Waals surface area (Å²) in [6, 6.07) is 7.33. The van der Waals surface area contributed by atoms with Gasteiger partial charge in [0.15, 0.2) is 20.5 Å². The lowest BCUT2D eigenvalue weighted by molar-refractivity contribution is -0.160. The molecule has 0 aromatic heterocycles. The number of aliphatic carboxylic acids is 1. The molecule has 1 aromatic rings. The largest absolute Gasteiger partial charge is 0.480 e. The van der Waals surface area contributed by atoms with Gasteiger partial charge in [-0.3, -0.25) is 0 Å². The highest BCUT2D eigenvalue weighted by Crippen LogP contribution is 2.37. The molecule has 1 aromatic carbocycles. The van der Waals surface area contributed by atoms with E-state index in [-0.39, 0.29) is 11.6 Å². The van der Waals surface area contributed by atoms with Crippen molar-refractivity contribution in [1.29, 1.82) is 0 Å². The molecule has 8 nitrogen and oxygen atoms in total. The van der Waals surface area contributed by atoms with Crippen LogP contribution in [0.1, 0.15) is 47.1 Å². The van der Waals surface area contributed by atoms with E-state index >= 15 is 0 Å². The minimum Gasteiger partial charge on any atom is -0.480 e. The van der Waals surface area contributed by atoms with Gasteiger partial charge in [0.1, 0.15) is 12.2 Å².